The maximum Gasteiger partial charge on any atom is 0.363 e. The lowest BCUT2D eigenvalue weighted by Gasteiger charge is -2.12. The number of halogens is 2. The molecule has 0 aromatic heterocycles. The highest BCUT2D eigenvalue weighted by atomic mass is 35.5. The Labute approximate surface area is 162 Å². The van der Waals surface area contributed by atoms with E-state index in [9.17, 15) is 4.79 Å². The molecule has 2 aromatic rings. The van der Waals surface area contributed by atoms with Crippen LogP contribution >= 0.6 is 23.2 Å². The maximum absolute atomic E-state index is 12.1. The van der Waals surface area contributed by atoms with Crippen molar-refractivity contribution in [1.29, 1.82) is 0 Å². The fraction of sp³-hybridized carbons (Fsp3) is 0.200. The van der Waals surface area contributed by atoms with Crippen molar-refractivity contribution in [3.05, 3.63) is 69.3 Å². The molecule has 0 bridgehead atoms. The molecule has 1 atom stereocenters. The van der Waals surface area contributed by atoms with Crippen LogP contribution in [0.5, 0.6) is 5.75 Å². The van der Waals surface area contributed by atoms with Crippen molar-refractivity contribution in [2.24, 2.45) is 4.99 Å². The van der Waals surface area contributed by atoms with Crippen molar-refractivity contribution in [3.63, 3.8) is 0 Å². The summed E-state index contributed by atoms with van der Waals surface area (Å²) < 4.78 is 11.0. The van der Waals surface area contributed by atoms with Gasteiger partial charge in [0.25, 0.3) is 0 Å². The number of hydrogen-bond acceptors (Lipinski definition) is 4. The largest absolute Gasteiger partial charge is 0.491 e. The van der Waals surface area contributed by atoms with Crippen LogP contribution in [0.3, 0.4) is 0 Å². The van der Waals surface area contributed by atoms with E-state index >= 15 is 0 Å². The summed E-state index contributed by atoms with van der Waals surface area (Å²) in [6.45, 7) is 4.09. The van der Waals surface area contributed by atoms with E-state index in [0.717, 1.165) is 17.7 Å². The standard InChI is InChI=1S/C20H17Cl2NO3/c1-3-12(2)25-15-7-4-13(5-8-15)10-18-20(24)26-19(23-18)14-6-9-16(21)17(22)11-14/h4-12H,3H2,1-2H3/b18-10-. The Bertz CT molecular complexity index is 888. The molecule has 0 aliphatic carbocycles. The van der Waals surface area contributed by atoms with Gasteiger partial charge in [-0.3, -0.25) is 0 Å². The van der Waals surface area contributed by atoms with E-state index in [0.29, 0.717) is 15.6 Å². The Morgan fingerprint density at radius 2 is 1.88 bits per heavy atom. The van der Waals surface area contributed by atoms with Gasteiger partial charge >= 0.3 is 5.97 Å². The van der Waals surface area contributed by atoms with E-state index in [1.54, 1.807) is 24.3 Å². The number of benzene rings is 2. The Morgan fingerprint density at radius 3 is 2.54 bits per heavy atom. The van der Waals surface area contributed by atoms with Gasteiger partial charge in [0.1, 0.15) is 5.75 Å². The summed E-state index contributed by atoms with van der Waals surface area (Å²) in [5, 5.41) is 0.799. The maximum atomic E-state index is 12.1. The van der Waals surface area contributed by atoms with Gasteiger partial charge in [0.2, 0.25) is 5.90 Å². The molecule has 0 N–H and O–H groups in total. The average Bonchev–Trinajstić information content (AvgIpc) is 2.99. The molecule has 0 radical (unpaired) electrons. The first-order chi connectivity index (χ1) is 12.5. The van der Waals surface area contributed by atoms with Crippen molar-refractivity contribution < 1.29 is 14.3 Å². The normalized spacial score (nSPS) is 16.4. The third-order valence-electron chi connectivity index (χ3n) is 3.88. The highest BCUT2D eigenvalue weighted by Crippen LogP contribution is 2.26. The second kappa shape index (κ2) is 7.94. The number of aliphatic imine (C=N–C) groups is 1. The molecule has 0 spiro atoms. The van der Waals surface area contributed by atoms with E-state index in [1.807, 2.05) is 31.2 Å². The van der Waals surface area contributed by atoms with Gasteiger partial charge in [0.15, 0.2) is 5.70 Å². The smallest absolute Gasteiger partial charge is 0.363 e. The summed E-state index contributed by atoms with van der Waals surface area (Å²) in [4.78, 5) is 16.3. The molecule has 0 fully saturated rings. The third-order valence-corrected chi connectivity index (χ3v) is 4.62. The summed E-state index contributed by atoms with van der Waals surface area (Å²) in [6, 6.07) is 12.4. The molecule has 134 valence electrons. The minimum absolute atomic E-state index is 0.155. The van der Waals surface area contributed by atoms with E-state index in [2.05, 4.69) is 11.9 Å². The van der Waals surface area contributed by atoms with Crippen molar-refractivity contribution in [2.45, 2.75) is 26.4 Å². The van der Waals surface area contributed by atoms with E-state index < -0.39 is 5.97 Å². The van der Waals surface area contributed by atoms with Gasteiger partial charge in [0.05, 0.1) is 16.1 Å². The molecule has 0 saturated heterocycles. The number of carbonyl (C=O) groups excluding carboxylic acids is 1. The zero-order valence-electron chi connectivity index (χ0n) is 14.3. The predicted octanol–water partition coefficient (Wildman–Crippen LogP) is 5.52. The summed E-state index contributed by atoms with van der Waals surface area (Å²) in [5.74, 6) is 0.484. The first-order valence-electron chi connectivity index (χ1n) is 8.21. The number of nitrogens with zero attached hydrogens (tertiary/aromatic N) is 1. The van der Waals surface area contributed by atoms with E-state index in [-0.39, 0.29) is 17.7 Å². The summed E-state index contributed by atoms with van der Waals surface area (Å²) in [5.41, 5.74) is 1.64. The zero-order valence-corrected chi connectivity index (χ0v) is 15.8. The molecule has 6 heteroatoms. The molecular weight excluding hydrogens is 373 g/mol. The van der Waals surface area contributed by atoms with Crippen LogP contribution in [-0.4, -0.2) is 18.0 Å². The van der Waals surface area contributed by atoms with Crippen molar-refractivity contribution in [3.8, 4) is 5.75 Å². The van der Waals surface area contributed by atoms with Crippen LogP contribution in [0.15, 0.2) is 53.2 Å². The molecule has 0 amide bonds. The van der Waals surface area contributed by atoms with Crippen molar-refractivity contribution in [1.82, 2.24) is 0 Å². The van der Waals surface area contributed by atoms with Crippen LogP contribution in [0, 0.1) is 0 Å². The Balaban J connectivity index is 1.80. The zero-order chi connectivity index (χ0) is 18.7. The molecule has 2 aromatic carbocycles. The Hall–Kier alpha value is -2.30. The second-order valence-corrected chi connectivity index (χ2v) is 6.69. The van der Waals surface area contributed by atoms with Crippen LogP contribution < -0.4 is 4.74 Å². The number of ether oxygens (including phenoxy) is 2. The van der Waals surface area contributed by atoms with Crippen LogP contribution in [0.4, 0.5) is 0 Å². The molecule has 1 aliphatic heterocycles. The first kappa shape index (κ1) is 18.5. The number of esters is 1. The Morgan fingerprint density at radius 1 is 1.15 bits per heavy atom. The second-order valence-electron chi connectivity index (χ2n) is 5.87. The SMILES string of the molecule is CCC(C)Oc1ccc(/C=C2\N=C(c3ccc(Cl)c(Cl)c3)OC2=O)cc1. The van der Waals surface area contributed by atoms with Crippen LogP contribution in [0.2, 0.25) is 10.0 Å². The van der Waals surface area contributed by atoms with Crippen LogP contribution in [0.1, 0.15) is 31.4 Å². The van der Waals surface area contributed by atoms with Gasteiger partial charge < -0.3 is 9.47 Å². The van der Waals surface area contributed by atoms with E-state index in [4.69, 9.17) is 32.7 Å². The fourth-order valence-electron chi connectivity index (χ4n) is 2.28. The minimum Gasteiger partial charge on any atom is -0.491 e. The molecule has 1 heterocycles. The summed E-state index contributed by atoms with van der Waals surface area (Å²) in [7, 11) is 0. The van der Waals surface area contributed by atoms with Crippen LogP contribution in [-0.2, 0) is 9.53 Å². The number of carbonyl (C=O) groups is 1. The van der Waals surface area contributed by atoms with Gasteiger partial charge in [0, 0.05) is 5.56 Å². The fourth-order valence-corrected chi connectivity index (χ4v) is 2.58. The first-order valence-corrected chi connectivity index (χ1v) is 8.96. The number of rotatable bonds is 5. The highest BCUT2D eigenvalue weighted by Gasteiger charge is 2.24. The average molecular weight is 390 g/mol. The van der Waals surface area contributed by atoms with Gasteiger partial charge in [-0.25, -0.2) is 9.79 Å². The number of cyclic esters (lactones) is 1. The third kappa shape index (κ3) is 4.26. The molecule has 0 saturated carbocycles. The van der Waals surface area contributed by atoms with E-state index in [1.165, 1.54) is 0 Å². The van der Waals surface area contributed by atoms with Crippen molar-refractivity contribution >= 4 is 41.1 Å². The topological polar surface area (TPSA) is 47.9 Å². The minimum atomic E-state index is -0.508. The molecule has 26 heavy (non-hydrogen) atoms. The molecular formula is C20H17Cl2NO3. The van der Waals surface area contributed by atoms with Crippen molar-refractivity contribution in [2.75, 3.05) is 0 Å². The molecule has 1 aliphatic rings. The highest BCUT2D eigenvalue weighted by molar-refractivity contribution is 6.42. The van der Waals surface area contributed by atoms with Gasteiger partial charge in [-0.15, -0.1) is 0 Å². The summed E-state index contributed by atoms with van der Waals surface area (Å²) in [6.07, 6.45) is 2.76. The lowest BCUT2D eigenvalue weighted by atomic mass is 10.2. The number of hydrogen-bond donors (Lipinski definition) is 0. The Kier molecular flexibility index (Phi) is 5.64. The molecule has 4 nitrogen and oxygen atoms in total. The van der Waals surface area contributed by atoms with Gasteiger partial charge in [-0.2, -0.15) is 0 Å². The van der Waals surface area contributed by atoms with Crippen LogP contribution in [0.25, 0.3) is 6.08 Å². The lowest BCUT2D eigenvalue weighted by molar-refractivity contribution is -0.129. The summed E-state index contributed by atoms with van der Waals surface area (Å²) >= 11 is 11.9. The quantitative estimate of drug-likeness (QED) is 0.499. The molecule has 1 unspecified atom stereocenters. The molecule has 3 rings (SSSR count). The van der Waals surface area contributed by atoms with Gasteiger partial charge in [-0.05, 0) is 55.3 Å². The predicted molar refractivity (Wildman–Crippen MR) is 104 cm³/mol. The van der Waals surface area contributed by atoms with Gasteiger partial charge in [-0.1, -0.05) is 42.3 Å². The lowest BCUT2D eigenvalue weighted by Crippen LogP contribution is -2.09. The monoisotopic (exact) mass is 389 g/mol.